The molecule has 0 fully saturated rings. The van der Waals surface area contributed by atoms with E-state index in [0.717, 1.165) is 5.56 Å². The van der Waals surface area contributed by atoms with Gasteiger partial charge >= 0.3 is 5.97 Å². The number of aromatic nitrogens is 3. The minimum Gasteiger partial charge on any atom is -0.481 e. The van der Waals surface area contributed by atoms with Crippen molar-refractivity contribution < 1.29 is 9.90 Å². The second-order valence-electron chi connectivity index (χ2n) is 4.98. The summed E-state index contributed by atoms with van der Waals surface area (Å²) < 4.78 is 1.54. The second-order valence-corrected chi connectivity index (χ2v) is 5.76. The van der Waals surface area contributed by atoms with Crippen LogP contribution >= 0.6 is 23.2 Å². The van der Waals surface area contributed by atoms with Crippen molar-refractivity contribution in [3.05, 3.63) is 39.6 Å². The maximum absolute atomic E-state index is 11.5. The normalized spacial score (nSPS) is 21.0. The van der Waals surface area contributed by atoms with Gasteiger partial charge in [-0.25, -0.2) is 4.68 Å². The van der Waals surface area contributed by atoms with Crippen LogP contribution in [0.4, 0.5) is 5.95 Å². The summed E-state index contributed by atoms with van der Waals surface area (Å²) in [5.41, 5.74) is 6.39. The van der Waals surface area contributed by atoms with Crippen molar-refractivity contribution in [3.8, 4) is 0 Å². The summed E-state index contributed by atoms with van der Waals surface area (Å²) in [6.45, 7) is 0.476. The number of fused-ring (bicyclic) bond motifs is 1. The molecule has 0 spiro atoms. The molecule has 0 saturated carbocycles. The number of nitrogens with zero attached hydrogens (tertiary/aromatic N) is 3. The van der Waals surface area contributed by atoms with Crippen molar-refractivity contribution in [2.24, 2.45) is 0 Å². The molecule has 1 aliphatic heterocycles. The molecular formula is C13H12Cl2N4O2. The first-order chi connectivity index (χ1) is 9.97. The minimum absolute atomic E-state index is 0.0779. The highest BCUT2D eigenvalue weighted by molar-refractivity contribution is 6.42. The number of nitrogen functional groups attached to an aromatic ring is 1. The molecule has 0 aliphatic carbocycles. The van der Waals surface area contributed by atoms with Gasteiger partial charge in [-0.15, -0.1) is 5.10 Å². The first-order valence-electron chi connectivity index (χ1n) is 6.34. The van der Waals surface area contributed by atoms with Crippen LogP contribution in [-0.2, 0) is 11.3 Å². The maximum Gasteiger partial charge on any atom is 0.314 e. The second kappa shape index (κ2) is 5.20. The van der Waals surface area contributed by atoms with Gasteiger partial charge in [0, 0.05) is 5.92 Å². The van der Waals surface area contributed by atoms with Crippen LogP contribution in [0, 0.1) is 0 Å². The Morgan fingerprint density at radius 2 is 2.19 bits per heavy atom. The van der Waals surface area contributed by atoms with Gasteiger partial charge in [-0.05, 0) is 18.1 Å². The number of nitrogens with two attached hydrogens (primary N) is 1. The number of carbonyl (C=O) groups is 1. The molecule has 2 heterocycles. The summed E-state index contributed by atoms with van der Waals surface area (Å²) in [6, 6.07) is 5.34. The lowest BCUT2D eigenvalue weighted by Gasteiger charge is -2.27. The number of carboxylic acid groups (broad SMARTS) is 1. The van der Waals surface area contributed by atoms with Gasteiger partial charge in [0.1, 0.15) is 11.7 Å². The van der Waals surface area contributed by atoms with Crippen molar-refractivity contribution in [3.63, 3.8) is 0 Å². The number of aliphatic carboxylic acids is 1. The number of halogens is 2. The Morgan fingerprint density at radius 3 is 2.90 bits per heavy atom. The molecule has 0 saturated heterocycles. The van der Waals surface area contributed by atoms with E-state index in [9.17, 15) is 9.90 Å². The predicted molar refractivity (Wildman–Crippen MR) is 78.6 cm³/mol. The van der Waals surface area contributed by atoms with Gasteiger partial charge in [0.05, 0.1) is 16.6 Å². The molecule has 2 atom stereocenters. The topological polar surface area (TPSA) is 94.0 Å². The average Bonchev–Trinajstić information content (AvgIpc) is 2.80. The summed E-state index contributed by atoms with van der Waals surface area (Å²) >= 11 is 12.3. The number of carboxylic acids is 1. The molecule has 2 aromatic rings. The highest BCUT2D eigenvalue weighted by atomic mass is 35.5. The Kier molecular flexibility index (Phi) is 3.51. The lowest BCUT2D eigenvalue weighted by atomic mass is 9.85. The van der Waals surface area contributed by atoms with E-state index in [1.54, 1.807) is 16.8 Å². The van der Waals surface area contributed by atoms with E-state index in [2.05, 4.69) is 10.1 Å². The van der Waals surface area contributed by atoms with Gasteiger partial charge < -0.3 is 10.8 Å². The molecule has 3 N–H and O–H groups in total. The Balaban J connectivity index is 2.04. The highest BCUT2D eigenvalue weighted by Crippen LogP contribution is 2.40. The van der Waals surface area contributed by atoms with E-state index in [0.29, 0.717) is 28.8 Å². The summed E-state index contributed by atoms with van der Waals surface area (Å²) in [4.78, 5) is 15.5. The van der Waals surface area contributed by atoms with Crippen molar-refractivity contribution in [1.29, 1.82) is 0 Å². The Morgan fingerprint density at radius 1 is 1.43 bits per heavy atom. The SMILES string of the molecule is Nc1nc2n(n1)CC(c1cccc(Cl)c1Cl)CC2C(=O)O. The lowest BCUT2D eigenvalue weighted by Crippen LogP contribution is -2.28. The quantitative estimate of drug-likeness (QED) is 0.884. The van der Waals surface area contributed by atoms with Crippen molar-refractivity contribution in [2.45, 2.75) is 24.8 Å². The molecule has 0 amide bonds. The van der Waals surface area contributed by atoms with E-state index in [1.165, 1.54) is 0 Å². The summed E-state index contributed by atoms with van der Waals surface area (Å²) in [6.07, 6.45) is 0.382. The molecule has 0 bridgehead atoms. The summed E-state index contributed by atoms with van der Waals surface area (Å²) in [5, 5.41) is 14.4. The van der Waals surface area contributed by atoms with E-state index < -0.39 is 11.9 Å². The standard InChI is InChI=1S/C13H12Cl2N4O2/c14-9-3-1-2-7(10(9)15)6-4-8(12(20)21)11-17-13(16)18-19(11)5-6/h1-3,6,8H,4-5H2,(H2,16,18)(H,20,21). The Hall–Kier alpha value is -1.79. The third-order valence-corrected chi connectivity index (χ3v) is 4.49. The van der Waals surface area contributed by atoms with Crippen molar-refractivity contribution in [2.75, 3.05) is 5.73 Å². The van der Waals surface area contributed by atoms with Gasteiger partial charge in [0.2, 0.25) is 5.95 Å². The van der Waals surface area contributed by atoms with Gasteiger partial charge in [0.25, 0.3) is 0 Å². The fourth-order valence-corrected chi connectivity index (χ4v) is 3.17. The van der Waals surface area contributed by atoms with Gasteiger partial charge in [0.15, 0.2) is 0 Å². The third-order valence-electron chi connectivity index (χ3n) is 3.66. The first kappa shape index (κ1) is 14.2. The zero-order valence-corrected chi connectivity index (χ0v) is 12.3. The van der Waals surface area contributed by atoms with Crippen LogP contribution < -0.4 is 5.73 Å². The van der Waals surface area contributed by atoms with Crippen LogP contribution in [0.25, 0.3) is 0 Å². The highest BCUT2D eigenvalue weighted by Gasteiger charge is 2.36. The minimum atomic E-state index is -0.952. The fourth-order valence-electron chi connectivity index (χ4n) is 2.71. The van der Waals surface area contributed by atoms with E-state index >= 15 is 0 Å². The monoisotopic (exact) mass is 326 g/mol. The molecule has 21 heavy (non-hydrogen) atoms. The number of hydrogen-bond donors (Lipinski definition) is 2. The summed E-state index contributed by atoms with van der Waals surface area (Å²) in [5.74, 6) is -1.36. The zero-order valence-electron chi connectivity index (χ0n) is 10.8. The predicted octanol–water partition coefficient (Wildman–Crippen LogP) is 2.52. The lowest BCUT2D eigenvalue weighted by molar-refractivity contribution is -0.139. The van der Waals surface area contributed by atoms with Gasteiger partial charge in [-0.3, -0.25) is 4.79 Å². The number of benzene rings is 1. The third kappa shape index (κ3) is 2.45. The first-order valence-corrected chi connectivity index (χ1v) is 7.10. The Labute approximate surface area is 130 Å². The molecule has 1 aliphatic rings. The van der Waals surface area contributed by atoms with Crippen LogP contribution in [0.2, 0.25) is 10.0 Å². The molecule has 6 nitrogen and oxygen atoms in total. The van der Waals surface area contributed by atoms with Crippen LogP contribution in [0.3, 0.4) is 0 Å². The average molecular weight is 327 g/mol. The molecule has 2 unspecified atom stereocenters. The smallest absolute Gasteiger partial charge is 0.314 e. The number of rotatable bonds is 2. The van der Waals surface area contributed by atoms with Crippen LogP contribution in [0.1, 0.15) is 29.6 Å². The molecule has 8 heteroatoms. The number of hydrogen-bond acceptors (Lipinski definition) is 4. The van der Waals surface area contributed by atoms with Crippen LogP contribution in [-0.4, -0.2) is 25.8 Å². The van der Waals surface area contributed by atoms with E-state index in [4.69, 9.17) is 28.9 Å². The molecule has 1 aromatic heterocycles. The van der Waals surface area contributed by atoms with Crippen LogP contribution in [0.15, 0.2) is 18.2 Å². The van der Waals surface area contributed by atoms with E-state index in [-0.39, 0.29) is 11.9 Å². The van der Waals surface area contributed by atoms with Crippen LogP contribution in [0.5, 0.6) is 0 Å². The van der Waals surface area contributed by atoms with Crippen molar-refractivity contribution in [1.82, 2.24) is 14.8 Å². The molecular weight excluding hydrogens is 315 g/mol. The molecule has 0 radical (unpaired) electrons. The van der Waals surface area contributed by atoms with Gasteiger partial charge in [-0.1, -0.05) is 35.3 Å². The largest absolute Gasteiger partial charge is 0.481 e. The Bertz CT molecular complexity index is 716. The molecule has 110 valence electrons. The zero-order chi connectivity index (χ0) is 15.1. The fraction of sp³-hybridized carbons (Fsp3) is 0.308. The van der Waals surface area contributed by atoms with Gasteiger partial charge in [-0.2, -0.15) is 4.98 Å². The maximum atomic E-state index is 11.5. The molecule has 1 aromatic carbocycles. The number of anilines is 1. The van der Waals surface area contributed by atoms with E-state index in [1.807, 2.05) is 6.07 Å². The summed E-state index contributed by atoms with van der Waals surface area (Å²) in [7, 11) is 0. The van der Waals surface area contributed by atoms with Crippen molar-refractivity contribution >= 4 is 35.1 Å². The molecule has 3 rings (SSSR count).